The lowest BCUT2D eigenvalue weighted by Gasteiger charge is -2.11. The molecule has 0 aliphatic heterocycles. The van der Waals surface area contributed by atoms with E-state index in [1.807, 2.05) is 0 Å². The second kappa shape index (κ2) is 8.11. The van der Waals surface area contributed by atoms with Crippen molar-refractivity contribution in [3.63, 3.8) is 0 Å². The number of aliphatic hydroxyl groups excluding tert-OH is 2. The number of rotatable bonds is 8. The fourth-order valence-corrected chi connectivity index (χ4v) is 1.65. The lowest BCUT2D eigenvalue weighted by Crippen LogP contribution is -2.30. The summed E-state index contributed by atoms with van der Waals surface area (Å²) in [5.41, 5.74) is 0.0253. The third-order valence-corrected chi connectivity index (χ3v) is 2.72. The lowest BCUT2D eigenvalue weighted by atomic mass is 10.4. The van der Waals surface area contributed by atoms with Gasteiger partial charge in [0.25, 0.3) is 5.56 Å². The van der Waals surface area contributed by atoms with Crippen LogP contribution < -0.4 is 16.2 Å². The zero-order valence-corrected chi connectivity index (χ0v) is 11.5. The second-order valence-electron chi connectivity index (χ2n) is 4.10. The summed E-state index contributed by atoms with van der Waals surface area (Å²) in [6.45, 7) is 3.33. The van der Waals surface area contributed by atoms with E-state index in [-0.39, 0.29) is 18.2 Å². The van der Waals surface area contributed by atoms with E-state index in [4.69, 9.17) is 21.8 Å². The monoisotopic (exact) mass is 290 g/mol. The van der Waals surface area contributed by atoms with E-state index in [1.165, 1.54) is 6.20 Å². The van der Waals surface area contributed by atoms with Crippen LogP contribution in [0.15, 0.2) is 11.0 Å². The molecule has 0 bridgehead atoms. The van der Waals surface area contributed by atoms with Crippen molar-refractivity contribution >= 4 is 17.3 Å². The van der Waals surface area contributed by atoms with Crippen LogP contribution in [0, 0.1) is 0 Å². The molecule has 4 N–H and O–H groups in total. The van der Waals surface area contributed by atoms with Crippen LogP contribution in [0.1, 0.15) is 6.92 Å². The highest BCUT2D eigenvalue weighted by atomic mass is 35.5. The van der Waals surface area contributed by atoms with E-state index in [0.717, 1.165) is 4.68 Å². The molecule has 0 aromatic carbocycles. The summed E-state index contributed by atoms with van der Waals surface area (Å²) in [6.07, 6.45) is 1.06. The predicted molar refractivity (Wildman–Crippen MR) is 73.6 cm³/mol. The van der Waals surface area contributed by atoms with Gasteiger partial charge in [0.05, 0.1) is 31.1 Å². The number of aromatic nitrogens is 2. The van der Waals surface area contributed by atoms with Crippen molar-refractivity contribution < 1.29 is 10.2 Å². The zero-order chi connectivity index (χ0) is 14.3. The Hall–Kier alpha value is -1.15. The third-order valence-electron chi connectivity index (χ3n) is 2.35. The van der Waals surface area contributed by atoms with Crippen molar-refractivity contribution in [2.45, 2.75) is 19.6 Å². The van der Waals surface area contributed by atoms with Gasteiger partial charge in [-0.15, -0.1) is 0 Å². The van der Waals surface area contributed by atoms with Crippen LogP contribution in [0.2, 0.25) is 5.02 Å². The minimum Gasteiger partial charge on any atom is -0.394 e. The quantitative estimate of drug-likeness (QED) is 0.471. The molecule has 0 fully saturated rings. The third kappa shape index (κ3) is 5.15. The van der Waals surface area contributed by atoms with E-state index < -0.39 is 11.7 Å². The summed E-state index contributed by atoms with van der Waals surface area (Å²) in [5.74, 6) is 0. The molecule has 0 saturated carbocycles. The molecular formula is C11H19ClN4O3. The first kappa shape index (κ1) is 15.9. The molecular weight excluding hydrogens is 272 g/mol. The average molecular weight is 291 g/mol. The van der Waals surface area contributed by atoms with Crippen LogP contribution in [-0.2, 0) is 6.54 Å². The highest BCUT2D eigenvalue weighted by Gasteiger charge is 2.08. The number of nitrogens with zero attached hydrogens (tertiary/aromatic N) is 2. The minimum absolute atomic E-state index is 0.0546. The van der Waals surface area contributed by atoms with Crippen molar-refractivity contribution in [2.24, 2.45) is 0 Å². The summed E-state index contributed by atoms with van der Waals surface area (Å²) in [4.78, 5) is 11.7. The number of nitrogens with one attached hydrogen (secondary N) is 2. The number of aliphatic hydroxyl groups is 2. The molecule has 1 aromatic heterocycles. The summed E-state index contributed by atoms with van der Waals surface area (Å²) in [5, 5.41) is 27.8. The molecule has 1 aromatic rings. The Morgan fingerprint density at radius 2 is 2.26 bits per heavy atom. The molecule has 108 valence electrons. The first-order valence-electron chi connectivity index (χ1n) is 6.05. The van der Waals surface area contributed by atoms with Crippen molar-refractivity contribution in [1.29, 1.82) is 0 Å². The Bertz CT molecular complexity index is 450. The van der Waals surface area contributed by atoms with Gasteiger partial charge in [0.1, 0.15) is 5.02 Å². The van der Waals surface area contributed by atoms with Gasteiger partial charge in [-0.1, -0.05) is 11.6 Å². The van der Waals surface area contributed by atoms with Gasteiger partial charge in [-0.3, -0.25) is 4.79 Å². The maximum absolute atomic E-state index is 11.7. The molecule has 7 nitrogen and oxygen atoms in total. The number of hydrogen-bond acceptors (Lipinski definition) is 6. The maximum atomic E-state index is 11.7. The van der Waals surface area contributed by atoms with Gasteiger partial charge in [-0.2, -0.15) is 5.10 Å². The van der Waals surface area contributed by atoms with Crippen molar-refractivity contribution in [3.8, 4) is 0 Å². The topological polar surface area (TPSA) is 99.4 Å². The molecule has 0 amide bonds. The van der Waals surface area contributed by atoms with E-state index >= 15 is 0 Å². The molecule has 1 heterocycles. The Morgan fingerprint density at radius 1 is 1.53 bits per heavy atom. The van der Waals surface area contributed by atoms with Crippen LogP contribution >= 0.6 is 11.6 Å². The van der Waals surface area contributed by atoms with Gasteiger partial charge in [-0.25, -0.2) is 4.68 Å². The Kier molecular flexibility index (Phi) is 6.79. The fourth-order valence-electron chi connectivity index (χ4n) is 1.44. The van der Waals surface area contributed by atoms with Crippen LogP contribution in [0.5, 0.6) is 0 Å². The standard InChI is InChI=1S/C11H19ClN4O3/c1-8(18)6-13-2-3-14-9-7-15-16(4-5-17)11(19)10(9)12/h7-8,13-14,17-18H,2-6H2,1H3. The van der Waals surface area contributed by atoms with Crippen LogP contribution in [0.4, 0.5) is 5.69 Å². The summed E-state index contributed by atoms with van der Waals surface area (Å²) >= 11 is 5.92. The van der Waals surface area contributed by atoms with Crippen LogP contribution in [0.25, 0.3) is 0 Å². The normalized spacial score (nSPS) is 12.4. The number of halogens is 1. The van der Waals surface area contributed by atoms with Gasteiger partial charge in [-0.05, 0) is 6.92 Å². The Labute approximate surface area is 116 Å². The minimum atomic E-state index is -0.433. The first-order valence-corrected chi connectivity index (χ1v) is 6.43. The summed E-state index contributed by atoms with van der Waals surface area (Å²) in [7, 11) is 0. The van der Waals surface area contributed by atoms with Crippen LogP contribution in [0.3, 0.4) is 0 Å². The SMILES string of the molecule is CC(O)CNCCNc1cnn(CCO)c(=O)c1Cl. The highest BCUT2D eigenvalue weighted by Crippen LogP contribution is 2.14. The van der Waals surface area contributed by atoms with E-state index in [2.05, 4.69) is 15.7 Å². The van der Waals surface area contributed by atoms with Gasteiger partial charge in [0, 0.05) is 19.6 Å². The smallest absolute Gasteiger partial charge is 0.287 e. The van der Waals surface area contributed by atoms with Crippen LogP contribution in [-0.4, -0.2) is 52.3 Å². The molecule has 0 radical (unpaired) electrons. The Balaban J connectivity index is 2.51. The number of anilines is 1. The second-order valence-corrected chi connectivity index (χ2v) is 4.48. The Morgan fingerprint density at radius 3 is 2.89 bits per heavy atom. The largest absolute Gasteiger partial charge is 0.394 e. The fraction of sp³-hybridized carbons (Fsp3) is 0.636. The average Bonchev–Trinajstić information content (AvgIpc) is 2.37. The summed E-state index contributed by atoms with van der Waals surface area (Å²) in [6, 6.07) is 0. The maximum Gasteiger partial charge on any atom is 0.287 e. The molecule has 19 heavy (non-hydrogen) atoms. The molecule has 1 atom stereocenters. The highest BCUT2D eigenvalue weighted by molar-refractivity contribution is 6.32. The van der Waals surface area contributed by atoms with Gasteiger partial charge in [0.2, 0.25) is 0 Å². The van der Waals surface area contributed by atoms with E-state index in [1.54, 1.807) is 6.92 Å². The summed E-state index contributed by atoms with van der Waals surface area (Å²) < 4.78 is 1.11. The van der Waals surface area contributed by atoms with E-state index in [0.29, 0.717) is 25.3 Å². The molecule has 8 heteroatoms. The van der Waals surface area contributed by atoms with E-state index in [9.17, 15) is 4.79 Å². The molecule has 1 rings (SSSR count). The van der Waals surface area contributed by atoms with Crippen molar-refractivity contribution in [3.05, 3.63) is 21.6 Å². The lowest BCUT2D eigenvalue weighted by molar-refractivity contribution is 0.192. The van der Waals surface area contributed by atoms with Gasteiger partial charge in [0.15, 0.2) is 0 Å². The van der Waals surface area contributed by atoms with Crippen molar-refractivity contribution in [2.75, 3.05) is 31.6 Å². The predicted octanol–water partition coefficient (Wildman–Crippen LogP) is -0.729. The first-order chi connectivity index (χ1) is 9.06. The van der Waals surface area contributed by atoms with Gasteiger partial charge < -0.3 is 20.8 Å². The molecule has 0 saturated heterocycles. The molecule has 1 unspecified atom stereocenters. The molecule has 0 aliphatic rings. The number of hydrogen-bond donors (Lipinski definition) is 4. The molecule has 0 spiro atoms. The zero-order valence-electron chi connectivity index (χ0n) is 10.8. The van der Waals surface area contributed by atoms with Crippen molar-refractivity contribution in [1.82, 2.24) is 15.1 Å². The van der Waals surface area contributed by atoms with Gasteiger partial charge >= 0.3 is 0 Å². The molecule has 0 aliphatic carbocycles.